The number of carbonyl (C=O) groups is 1. The highest BCUT2D eigenvalue weighted by atomic mass is 79.9. The van der Waals surface area contributed by atoms with Crippen LogP contribution in [-0.2, 0) is 24.5 Å². The molecule has 0 fully saturated rings. The van der Waals surface area contributed by atoms with Crippen LogP contribution in [0, 0.1) is 0 Å². The molecule has 5 nitrogen and oxygen atoms in total. The van der Waals surface area contributed by atoms with Gasteiger partial charge in [-0.05, 0) is 5.56 Å². The number of amides is 1. The average molecular weight is 350 g/mol. The minimum Gasteiger partial charge on any atom is -0.472 e. The Balaban J connectivity index is 1.65. The molecule has 6 heteroatoms. The first kappa shape index (κ1) is 14.1. The molecule has 0 atom stereocenters. The Hall–Kier alpha value is -1.82. The monoisotopic (exact) mass is 349 g/mol. The number of benzene rings is 1. The normalized spacial score (nSPS) is 13.9. The number of halogens is 1. The van der Waals surface area contributed by atoms with E-state index in [9.17, 15) is 4.79 Å². The number of nitrogens with zero attached hydrogens (tertiary/aromatic N) is 3. The van der Waals surface area contributed by atoms with Crippen LogP contribution in [0.2, 0.25) is 0 Å². The van der Waals surface area contributed by atoms with E-state index in [-0.39, 0.29) is 5.91 Å². The van der Waals surface area contributed by atoms with Crippen LogP contribution >= 0.6 is 15.9 Å². The molecule has 0 saturated carbocycles. The van der Waals surface area contributed by atoms with Crippen LogP contribution in [0.25, 0.3) is 0 Å². The standard InChI is InChI=1S/C15H16BrN3O2/c16-9-15(20)18-6-7-19-13(10-18)8-14(17-19)21-11-12-4-2-1-3-5-12/h1-5,8H,6-7,9-11H2. The Morgan fingerprint density at radius 2 is 2.10 bits per heavy atom. The van der Waals surface area contributed by atoms with Crippen molar-refractivity contribution >= 4 is 21.8 Å². The highest BCUT2D eigenvalue weighted by molar-refractivity contribution is 9.09. The van der Waals surface area contributed by atoms with Gasteiger partial charge in [0.25, 0.3) is 0 Å². The van der Waals surface area contributed by atoms with Crippen molar-refractivity contribution in [2.24, 2.45) is 0 Å². The third kappa shape index (κ3) is 3.26. The molecule has 21 heavy (non-hydrogen) atoms. The van der Waals surface area contributed by atoms with Crippen molar-refractivity contribution in [3.8, 4) is 5.88 Å². The Morgan fingerprint density at radius 3 is 2.86 bits per heavy atom. The Kier molecular flexibility index (Phi) is 4.24. The summed E-state index contributed by atoms with van der Waals surface area (Å²) >= 11 is 3.21. The molecule has 0 saturated heterocycles. The van der Waals surface area contributed by atoms with Crippen molar-refractivity contribution in [2.75, 3.05) is 11.9 Å². The van der Waals surface area contributed by atoms with Crippen molar-refractivity contribution in [3.63, 3.8) is 0 Å². The zero-order chi connectivity index (χ0) is 14.7. The summed E-state index contributed by atoms with van der Waals surface area (Å²) in [5, 5.41) is 4.79. The molecular weight excluding hydrogens is 334 g/mol. The lowest BCUT2D eigenvalue weighted by Gasteiger charge is -2.26. The van der Waals surface area contributed by atoms with Gasteiger partial charge in [-0.2, -0.15) is 0 Å². The Morgan fingerprint density at radius 1 is 1.29 bits per heavy atom. The van der Waals surface area contributed by atoms with Crippen molar-refractivity contribution < 1.29 is 9.53 Å². The molecular formula is C15H16BrN3O2. The molecule has 2 heterocycles. The first-order valence-electron chi connectivity index (χ1n) is 6.83. The first-order valence-corrected chi connectivity index (χ1v) is 7.95. The van der Waals surface area contributed by atoms with E-state index >= 15 is 0 Å². The van der Waals surface area contributed by atoms with Crippen molar-refractivity contribution in [1.82, 2.24) is 14.7 Å². The minimum atomic E-state index is 0.106. The molecule has 1 aliphatic rings. The summed E-state index contributed by atoms with van der Waals surface area (Å²) in [4.78, 5) is 13.5. The number of ether oxygens (including phenoxy) is 1. The van der Waals surface area contributed by atoms with Gasteiger partial charge in [-0.15, -0.1) is 5.10 Å². The van der Waals surface area contributed by atoms with E-state index in [0.29, 0.717) is 37.5 Å². The summed E-state index contributed by atoms with van der Waals surface area (Å²) in [5.74, 6) is 0.719. The van der Waals surface area contributed by atoms with E-state index in [1.165, 1.54) is 0 Å². The molecule has 1 amide bonds. The topological polar surface area (TPSA) is 47.4 Å². The quantitative estimate of drug-likeness (QED) is 0.795. The van der Waals surface area contributed by atoms with Crippen LogP contribution in [-0.4, -0.2) is 32.5 Å². The van der Waals surface area contributed by atoms with Crippen LogP contribution in [0.3, 0.4) is 0 Å². The summed E-state index contributed by atoms with van der Waals surface area (Å²) in [6.45, 7) is 2.49. The number of rotatable bonds is 4. The van der Waals surface area contributed by atoms with Gasteiger partial charge in [0.05, 0.1) is 24.1 Å². The maximum Gasteiger partial charge on any atom is 0.233 e. The molecule has 1 aliphatic heterocycles. The van der Waals surface area contributed by atoms with E-state index in [1.807, 2.05) is 46.0 Å². The summed E-state index contributed by atoms with van der Waals surface area (Å²) in [7, 11) is 0. The predicted octanol–water partition coefficient (Wildman–Crippen LogP) is 2.20. The van der Waals surface area contributed by atoms with Crippen LogP contribution in [0.4, 0.5) is 0 Å². The third-order valence-corrected chi connectivity index (χ3v) is 3.95. The van der Waals surface area contributed by atoms with Gasteiger partial charge in [-0.25, -0.2) is 0 Å². The molecule has 0 bridgehead atoms. The van der Waals surface area contributed by atoms with E-state index in [4.69, 9.17) is 4.74 Å². The van der Waals surface area contributed by atoms with Gasteiger partial charge in [0, 0.05) is 12.6 Å². The Labute approximate surface area is 131 Å². The predicted molar refractivity (Wildman–Crippen MR) is 82.2 cm³/mol. The SMILES string of the molecule is O=C(CBr)N1CCn2nc(OCc3ccccc3)cc2C1. The molecule has 3 rings (SSSR count). The lowest BCUT2D eigenvalue weighted by molar-refractivity contribution is -0.129. The van der Waals surface area contributed by atoms with E-state index in [2.05, 4.69) is 21.0 Å². The fourth-order valence-corrected chi connectivity index (χ4v) is 2.69. The van der Waals surface area contributed by atoms with Crippen molar-refractivity contribution in [2.45, 2.75) is 19.7 Å². The zero-order valence-corrected chi connectivity index (χ0v) is 13.1. The molecule has 0 radical (unpaired) electrons. The van der Waals surface area contributed by atoms with Crippen LogP contribution in [0.1, 0.15) is 11.3 Å². The van der Waals surface area contributed by atoms with Gasteiger partial charge in [0.2, 0.25) is 11.8 Å². The summed E-state index contributed by atoms with van der Waals surface area (Å²) in [5.41, 5.74) is 2.12. The molecule has 0 aliphatic carbocycles. The number of hydrogen-bond donors (Lipinski definition) is 0. The van der Waals surface area contributed by atoms with Crippen molar-refractivity contribution in [1.29, 1.82) is 0 Å². The lowest BCUT2D eigenvalue weighted by atomic mass is 10.2. The summed E-state index contributed by atoms with van der Waals surface area (Å²) in [6, 6.07) is 11.9. The summed E-state index contributed by atoms with van der Waals surface area (Å²) < 4.78 is 7.64. The van der Waals surface area contributed by atoms with E-state index in [1.54, 1.807) is 0 Å². The molecule has 0 unspecified atom stereocenters. The third-order valence-electron chi connectivity index (χ3n) is 3.47. The largest absolute Gasteiger partial charge is 0.472 e. The molecule has 0 N–H and O–H groups in total. The fraction of sp³-hybridized carbons (Fsp3) is 0.333. The van der Waals surface area contributed by atoms with Gasteiger partial charge in [0.1, 0.15) is 6.61 Å². The van der Waals surface area contributed by atoms with Gasteiger partial charge in [-0.3, -0.25) is 9.48 Å². The van der Waals surface area contributed by atoms with Crippen LogP contribution in [0.5, 0.6) is 5.88 Å². The number of aromatic nitrogens is 2. The number of fused-ring (bicyclic) bond motifs is 1. The first-order chi connectivity index (χ1) is 10.3. The average Bonchev–Trinajstić information content (AvgIpc) is 2.95. The molecule has 1 aromatic carbocycles. The van der Waals surface area contributed by atoms with Gasteiger partial charge in [-0.1, -0.05) is 46.3 Å². The number of alkyl halides is 1. The molecule has 1 aromatic heterocycles. The Bertz CT molecular complexity index is 627. The highest BCUT2D eigenvalue weighted by Crippen LogP contribution is 2.19. The second-order valence-electron chi connectivity index (χ2n) is 4.92. The fourth-order valence-electron chi connectivity index (χ4n) is 2.34. The second kappa shape index (κ2) is 6.30. The highest BCUT2D eigenvalue weighted by Gasteiger charge is 2.21. The molecule has 2 aromatic rings. The van der Waals surface area contributed by atoms with Crippen LogP contribution < -0.4 is 4.74 Å². The van der Waals surface area contributed by atoms with Crippen molar-refractivity contribution in [3.05, 3.63) is 47.7 Å². The molecule has 0 spiro atoms. The maximum absolute atomic E-state index is 11.7. The minimum absolute atomic E-state index is 0.106. The van der Waals surface area contributed by atoms with E-state index in [0.717, 1.165) is 11.3 Å². The number of hydrogen-bond acceptors (Lipinski definition) is 3. The molecule has 110 valence electrons. The summed E-state index contributed by atoms with van der Waals surface area (Å²) in [6.07, 6.45) is 0. The number of carbonyl (C=O) groups excluding carboxylic acids is 1. The van der Waals surface area contributed by atoms with E-state index < -0.39 is 0 Å². The smallest absolute Gasteiger partial charge is 0.233 e. The second-order valence-corrected chi connectivity index (χ2v) is 5.48. The van der Waals surface area contributed by atoms with Crippen LogP contribution in [0.15, 0.2) is 36.4 Å². The zero-order valence-electron chi connectivity index (χ0n) is 11.5. The van der Waals surface area contributed by atoms with Gasteiger partial charge < -0.3 is 9.64 Å². The van der Waals surface area contributed by atoms with Gasteiger partial charge >= 0.3 is 0 Å². The lowest BCUT2D eigenvalue weighted by Crippen LogP contribution is -2.38. The maximum atomic E-state index is 11.7. The van der Waals surface area contributed by atoms with Gasteiger partial charge in [0.15, 0.2) is 0 Å².